The van der Waals surface area contributed by atoms with Gasteiger partial charge in [0.2, 0.25) is 5.91 Å². The van der Waals surface area contributed by atoms with Crippen LogP contribution in [0.25, 0.3) is 16.2 Å². The molecule has 1 N–H and O–H groups in total. The Hall–Kier alpha value is -3.33. The number of anilines is 1. The van der Waals surface area contributed by atoms with Crippen molar-refractivity contribution in [3.63, 3.8) is 0 Å². The number of aromatic amines is 1. The molecule has 0 saturated carbocycles. The number of thiophene rings is 1. The van der Waals surface area contributed by atoms with Gasteiger partial charge in [-0.25, -0.2) is 9.97 Å². The molecule has 4 aromatic rings. The van der Waals surface area contributed by atoms with E-state index >= 15 is 0 Å². The zero-order valence-corrected chi connectivity index (χ0v) is 19.6. The molecule has 0 aromatic carbocycles. The van der Waals surface area contributed by atoms with Crippen molar-refractivity contribution in [2.75, 3.05) is 11.9 Å². The lowest BCUT2D eigenvalue weighted by atomic mass is 9.99. The van der Waals surface area contributed by atoms with Crippen LogP contribution in [0.15, 0.2) is 36.9 Å². The normalized spacial score (nSPS) is 12.4. The molecule has 0 bridgehead atoms. The maximum absolute atomic E-state index is 13.2. The maximum Gasteiger partial charge on any atom is 0.229 e. The monoisotopic (exact) mass is 450 g/mol. The molecule has 0 aliphatic heterocycles. The largest absolute Gasteiger partial charge is 0.312 e. The third-order valence-corrected chi connectivity index (χ3v) is 6.50. The van der Waals surface area contributed by atoms with Gasteiger partial charge in [-0.1, -0.05) is 20.8 Å². The molecule has 9 heteroatoms. The first-order chi connectivity index (χ1) is 15.3. The Balaban J connectivity index is 1.81. The van der Waals surface area contributed by atoms with Crippen LogP contribution in [-0.4, -0.2) is 43.3 Å². The van der Waals surface area contributed by atoms with Gasteiger partial charge in [0, 0.05) is 41.9 Å². The van der Waals surface area contributed by atoms with E-state index in [4.69, 9.17) is 0 Å². The van der Waals surface area contributed by atoms with Gasteiger partial charge < -0.3 is 4.90 Å². The molecule has 4 aromatic heterocycles. The average molecular weight is 451 g/mol. The molecule has 0 saturated heterocycles. The number of aryl methyl sites for hydroxylation is 1. The average Bonchev–Trinajstić information content (AvgIpc) is 3.52. The number of hydrogen-bond donors (Lipinski definition) is 1. The number of pyridine rings is 1. The SMILES string of the molecule is Cc1ccc(-c2cnc3c(N(C)C(=O)C(C)C)cc(C(=O)C[C@@H](C)c4ncn[nH]4)cn23)s1. The lowest BCUT2D eigenvalue weighted by Crippen LogP contribution is -2.31. The van der Waals surface area contributed by atoms with Crippen LogP contribution < -0.4 is 4.90 Å². The molecular formula is C23H26N6O2S. The number of amides is 1. The standard InChI is InChI=1S/C23H26N6O2S/c1-13(2)23(31)28(5)17-9-16(19(30)8-14(3)21-25-12-26-27-21)11-29-18(10-24-22(17)29)20-7-6-15(4)32-20/h6-7,9-14H,8H2,1-5H3,(H,25,26,27)/t14-/m1/s1. The molecule has 1 atom stereocenters. The topological polar surface area (TPSA) is 96.2 Å². The Bertz CT molecular complexity index is 1270. The summed E-state index contributed by atoms with van der Waals surface area (Å²) >= 11 is 1.66. The molecule has 4 heterocycles. The number of nitrogens with zero attached hydrogens (tertiary/aromatic N) is 5. The number of fused-ring (bicyclic) bond motifs is 1. The van der Waals surface area contributed by atoms with Crippen LogP contribution in [0.3, 0.4) is 0 Å². The summed E-state index contributed by atoms with van der Waals surface area (Å²) in [7, 11) is 1.73. The van der Waals surface area contributed by atoms with Crippen molar-refractivity contribution < 1.29 is 9.59 Å². The number of imidazole rings is 1. The molecule has 0 radical (unpaired) electrons. The number of rotatable bonds is 7. The van der Waals surface area contributed by atoms with Gasteiger partial charge in [0.05, 0.1) is 22.5 Å². The molecule has 0 aliphatic carbocycles. The van der Waals surface area contributed by atoms with Gasteiger partial charge in [0.15, 0.2) is 11.4 Å². The summed E-state index contributed by atoms with van der Waals surface area (Å²) in [6, 6.07) is 5.87. The van der Waals surface area contributed by atoms with Gasteiger partial charge in [-0.2, -0.15) is 5.10 Å². The first kappa shape index (κ1) is 21.9. The zero-order chi connectivity index (χ0) is 23.0. The van der Waals surface area contributed by atoms with E-state index in [2.05, 4.69) is 33.2 Å². The van der Waals surface area contributed by atoms with Gasteiger partial charge in [-0.05, 0) is 25.1 Å². The highest BCUT2D eigenvalue weighted by atomic mass is 32.1. The second kappa shape index (κ2) is 8.66. The third kappa shape index (κ3) is 4.08. The summed E-state index contributed by atoms with van der Waals surface area (Å²) in [4.78, 5) is 38.6. The Morgan fingerprint density at radius 2 is 2.00 bits per heavy atom. The molecule has 1 amide bonds. The summed E-state index contributed by atoms with van der Waals surface area (Å²) in [5, 5.41) is 6.70. The van der Waals surface area contributed by atoms with Crippen molar-refractivity contribution in [3.05, 3.63) is 53.2 Å². The lowest BCUT2D eigenvalue weighted by molar-refractivity contribution is -0.121. The van der Waals surface area contributed by atoms with Gasteiger partial charge in [-0.15, -0.1) is 11.3 Å². The minimum Gasteiger partial charge on any atom is -0.312 e. The van der Waals surface area contributed by atoms with E-state index in [1.165, 1.54) is 11.2 Å². The van der Waals surface area contributed by atoms with Gasteiger partial charge in [-0.3, -0.25) is 19.1 Å². The first-order valence-electron chi connectivity index (χ1n) is 10.5. The number of carbonyl (C=O) groups is 2. The third-order valence-electron chi connectivity index (χ3n) is 5.48. The second-order valence-electron chi connectivity index (χ2n) is 8.31. The molecule has 0 spiro atoms. The molecule has 32 heavy (non-hydrogen) atoms. The number of ketones is 1. The molecular weight excluding hydrogens is 424 g/mol. The van der Waals surface area contributed by atoms with Crippen molar-refractivity contribution in [1.82, 2.24) is 24.6 Å². The summed E-state index contributed by atoms with van der Waals surface area (Å²) in [5.41, 5.74) is 2.67. The summed E-state index contributed by atoms with van der Waals surface area (Å²) in [6.07, 6.45) is 5.32. The van der Waals surface area contributed by atoms with E-state index < -0.39 is 0 Å². The lowest BCUT2D eigenvalue weighted by Gasteiger charge is -2.21. The van der Waals surface area contributed by atoms with Crippen molar-refractivity contribution in [2.45, 2.75) is 40.0 Å². The fourth-order valence-electron chi connectivity index (χ4n) is 3.67. The highest BCUT2D eigenvalue weighted by Crippen LogP contribution is 2.32. The van der Waals surface area contributed by atoms with Gasteiger partial charge in [0.25, 0.3) is 0 Å². The predicted molar refractivity (Wildman–Crippen MR) is 125 cm³/mol. The number of aromatic nitrogens is 5. The highest BCUT2D eigenvalue weighted by Gasteiger charge is 2.23. The number of H-pyrrole nitrogens is 1. The van der Waals surface area contributed by atoms with E-state index in [-0.39, 0.29) is 29.9 Å². The number of Topliss-reactive ketones (excluding diaryl/α,β-unsaturated/α-hetero) is 1. The molecule has 8 nitrogen and oxygen atoms in total. The Morgan fingerprint density at radius 1 is 1.22 bits per heavy atom. The van der Waals surface area contributed by atoms with Gasteiger partial charge in [0.1, 0.15) is 12.2 Å². The number of nitrogens with one attached hydrogen (secondary N) is 1. The minimum absolute atomic E-state index is 0.0375. The number of hydrogen-bond acceptors (Lipinski definition) is 6. The van der Waals surface area contributed by atoms with Crippen LogP contribution in [0, 0.1) is 12.8 Å². The molecule has 0 aliphatic rings. The van der Waals surface area contributed by atoms with Crippen molar-refractivity contribution in [2.24, 2.45) is 5.92 Å². The summed E-state index contributed by atoms with van der Waals surface area (Å²) < 4.78 is 1.91. The second-order valence-corrected chi connectivity index (χ2v) is 9.60. The molecule has 166 valence electrons. The molecule has 0 fully saturated rings. The molecule has 4 rings (SSSR count). The summed E-state index contributed by atoms with van der Waals surface area (Å²) in [6.45, 7) is 7.70. The van der Waals surface area contributed by atoms with Crippen molar-refractivity contribution >= 4 is 34.4 Å². The highest BCUT2D eigenvalue weighted by molar-refractivity contribution is 7.15. The quantitative estimate of drug-likeness (QED) is 0.419. The fourth-order valence-corrected chi connectivity index (χ4v) is 4.55. The maximum atomic E-state index is 13.2. The Labute approximate surface area is 190 Å². The zero-order valence-electron chi connectivity index (χ0n) is 18.8. The van der Waals surface area contributed by atoms with E-state index in [1.807, 2.05) is 37.4 Å². The minimum atomic E-state index is -0.180. The van der Waals surface area contributed by atoms with Crippen LogP contribution >= 0.6 is 11.3 Å². The van der Waals surface area contributed by atoms with Crippen LogP contribution in [0.5, 0.6) is 0 Å². The van der Waals surface area contributed by atoms with Crippen LogP contribution in [0.2, 0.25) is 0 Å². The predicted octanol–water partition coefficient (Wildman–Crippen LogP) is 4.48. The van der Waals surface area contributed by atoms with E-state index in [0.29, 0.717) is 22.7 Å². The Morgan fingerprint density at radius 3 is 2.62 bits per heavy atom. The molecule has 0 unspecified atom stereocenters. The fraction of sp³-hybridized carbons (Fsp3) is 0.348. The van der Waals surface area contributed by atoms with E-state index in [9.17, 15) is 9.59 Å². The Kier molecular flexibility index (Phi) is 5.92. The van der Waals surface area contributed by atoms with Crippen molar-refractivity contribution in [3.8, 4) is 10.6 Å². The first-order valence-corrected chi connectivity index (χ1v) is 11.3. The van der Waals surface area contributed by atoms with E-state index in [1.54, 1.807) is 35.5 Å². The van der Waals surface area contributed by atoms with Crippen LogP contribution in [0.4, 0.5) is 5.69 Å². The smallest absolute Gasteiger partial charge is 0.229 e. The van der Waals surface area contributed by atoms with E-state index in [0.717, 1.165) is 10.6 Å². The van der Waals surface area contributed by atoms with Crippen molar-refractivity contribution in [1.29, 1.82) is 0 Å². The van der Waals surface area contributed by atoms with Crippen LogP contribution in [-0.2, 0) is 4.79 Å². The summed E-state index contributed by atoms with van der Waals surface area (Å²) in [5.74, 6) is 0.304. The van der Waals surface area contributed by atoms with Gasteiger partial charge >= 0.3 is 0 Å². The van der Waals surface area contributed by atoms with Crippen LogP contribution in [0.1, 0.15) is 54.2 Å². The number of carbonyl (C=O) groups excluding carboxylic acids is 2.